The van der Waals surface area contributed by atoms with Crippen LogP contribution in [0.3, 0.4) is 0 Å². The highest BCUT2D eigenvalue weighted by molar-refractivity contribution is 6.30. The summed E-state index contributed by atoms with van der Waals surface area (Å²) in [6.07, 6.45) is 1.68. The van der Waals surface area contributed by atoms with Crippen LogP contribution in [0.5, 0.6) is 5.75 Å². The van der Waals surface area contributed by atoms with E-state index in [0.29, 0.717) is 24.7 Å². The molecule has 2 aromatic carbocycles. The van der Waals surface area contributed by atoms with Crippen LogP contribution in [0.15, 0.2) is 48.5 Å². The first kappa shape index (κ1) is 23.3. The Labute approximate surface area is 200 Å². The molecule has 1 aliphatic carbocycles. The minimum Gasteiger partial charge on any atom is -0.497 e. The molecule has 33 heavy (non-hydrogen) atoms. The summed E-state index contributed by atoms with van der Waals surface area (Å²) in [5.41, 5.74) is 2.40. The van der Waals surface area contributed by atoms with Crippen LogP contribution in [0.1, 0.15) is 24.0 Å². The van der Waals surface area contributed by atoms with Gasteiger partial charge in [0.05, 0.1) is 24.6 Å². The van der Waals surface area contributed by atoms with Gasteiger partial charge in [-0.3, -0.25) is 4.79 Å². The highest BCUT2D eigenvalue weighted by Crippen LogP contribution is 2.50. The van der Waals surface area contributed by atoms with E-state index in [2.05, 4.69) is 6.07 Å². The highest BCUT2D eigenvalue weighted by atomic mass is 35.5. The van der Waals surface area contributed by atoms with E-state index >= 15 is 0 Å². The van der Waals surface area contributed by atoms with Crippen LogP contribution in [0.4, 0.5) is 5.82 Å². The molecule has 1 aliphatic rings. The topological polar surface area (TPSA) is 54.9 Å². The molecule has 0 N–H and O–H groups in total. The van der Waals surface area contributed by atoms with Crippen molar-refractivity contribution >= 4 is 34.2 Å². The summed E-state index contributed by atoms with van der Waals surface area (Å²) in [5.74, 6) is 1.73. The fourth-order valence-corrected chi connectivity index (χ4v) is 4.42. The summed E-state index contributed by atoms with van der Waals surface area (Å²) < 4.78 is 10.7. The number of methoxy groups -OCH3 is 2. The van der Waals surface area contributed by atoms with Crippen molar-refractivity contribution in [1.82, 2.24) is 9.88 Å². The van der Waals surface area contributed by atoms with Crippen LogP contribution < -0.4 is 9.64 Å². The van der Waals surface area contributed by atoms with Crippen molar-refractivity contribution in [1.29, 1.82) is 0 Å². The van der Waals surface area contributed by atoms with Crippen molar-refractivity contribution in [3.8, 4) is 5.75 Å². The molecule has 3 aromatic rings. The second-order valence-corrected chi connectivity index (χ2v) is 9.17. The third-order valence-electron chi connectivity index (χ3n) is 6.27. The Kier molecular flexibility index (Phi) is 6.77. The zero-order valence-corrected chi connectivity index (χ0v) is 20.4. The summed E-state index contributed by atoms with van der Waals surface area (Å²) in [6, 6.07) is 15.6. The van der Waals surface area contributed by atoms with Crippen molar-refractivity contribution in [2.45, 2.75) is 24.8 Å². The van der Waals surface area contributed by atoms with E-state index in [-0.39, 0.29) is 5.91 Å². The monoisotopic (exact) mass is 467 g/mol. The van der Waals surface area contributed by atoms with Gasteiger partial charge in [-0.25, -0.2) is 4.98 Å². The van der Waals surface area contributed by atoms with E-state index in [1.165, 1.54) is 0 Å². The van der Waals surface area contributed by atoms with Crippen LogP contribution in [0, 0.1) is 0 Å². The molecule has 1 fully saturated rings. The predicted octanol–water partition coefficient (Wildman–Crippen LogP) is 4.67. The number of hydrogen-bond donors (Lipinski definition) is 0. The number of carbonyl (C=O) groups excluding carboxylic acids is 1. The Balaban J connectivity index is 1.69. The third kappa shape index (κ3) is 4.77. The van der Waals surface area contributed by atoms with Crippen molar-refractivity contribution in [3.63, 3.8) is 0 Å². The second kappa shape index (κ2) is 9.57. The Bertz CT molecular complexity index is 1140. The Morgan fingerprint density at radius 1 is 1.09 bits per heavy atom. The van der Waals surface area contributed by atoms with Crippen molar-refractivity contribution in [2.75, 3.05) is 46.4 Å². The standard InChI is InChI=1S/C26H30ClN3O3/c1-29(2)24-19(15-18-5-10-22(33-4)16-23(18)28-24)17-30(13-14-32-3)25(31)26(11-12-26)20-6-8-21(27)9-7-20/h5-10,15-16H,11-14,17H2,1-4H3. The smallest absolute Gasteiger partial charge is 0.233 e. The molecule has 0 atom stereocenters. The fourth-order valence-electron chi connectivity index (χ4n) is 4.29. The number of ether oxygens (including phenoxy) is 2. The zero-order chi connectivity index (χ0) is 23.6. The third-order valence-corrected chi connectivity index (χ3v) is 6.53. The molecule has 1 saturated carbocycles. The van der Waals surface area contributed by atoms with Gasteiger partial charge in [0.25, 0.3) is 0 Å². The van der Waals surface area contributed by atoms with E-state index < -0.39 is 5.41 Å². The number of halogens is 1. The average molecular weight is 468 g/mol. The summed E-state index contributed by atoms with van der Waals surface area (Å²) in [6.45, 7) is 1.44. The maximum atomic E-state index is 13.8. The summed E-state index contributed by atoms with van der Waals surface area (Å²) in [7, 11) is 7.24. The molecule has 0 unspecified atom stereocenters. The number of nitrogens with zero attached hydrogens (tertiary/aromatic N) is 3. The van der Waals surface area contributed by atoms with Crippen molar-refractivity contribution < 1.29 is 14.3 Å². The summed E-state index contributed by atoms with van der Waals surface area (Å²) in [4.78, 5) is 22.6. The number of amides is 1. The normalized spacial score (nSPS) is 14.2. The number of aromatic nitrogens is 1. The van der Waals surface area contributed by atoms with Gasteiger partial charge in [0.1, 0.15) is 11.6 Å². The lowest BCUT2D eigenvalue weighted by Gasteiger charge is -2.29. The number of fused-ring (bicyclic) bond motifs is 1. The minimum atomic E-state index is -0.478. The first-order valence-electron chi connectivity index (χ1n) is 11.1. The van der Waals surface area contributed by atoms with Crippen LogP contribution >= 0.6 is 11.6 Å². The van der Waals surface area contributed by atoms with Gasteiger partial charge in [-0.1, -0.05) is 23.7 Å². The van der Waals surface area contributed by atoms with Gasteiger partial charge < -0.3 is 19.3 Å². The predicted molar refractivity (Wildman–Crippen MR) is 132 cm³/mol. The number of pyridine rings is 1. The van der Waals surface area contributed by atoms with E-state index in [0.717, 1.165) is 46.4 Å². The second-order valence-electron chi connectivity index (χ2n) is 8.73. The van der Waals surface area contributed by atoms with Crippen LogP contribution in [0.25, 0.3) is 10.9 Å². The van der Waals surface area contributed by atoms with Gasteiger partial charge in [-0.15, -0.1) is 0 Å². The van der Waals surface area contributed by atoms with E-state index in [9.17, 15) is 4.79 Å². The van der Waals surface area contributed by atoms with Gasteiger partial charge in [0.2, 0.25) is 5.91 Å². The first-order valence-corrected chi connectivity index (χ1v) is 11.4. The minimum absolute atomic E-state index is 0.126. The van der Waals surface area contributed by atoms with Crippen LogP contribution in [0.2, 0.25) is 5.02 Å². The lowest BCUT2D eigenvalue weighted by molar-refractivity contribution is -0.135. The fraction of sp³-hybridized carbons (Fsp3) is 0.385. The molecule has 0 aliphatic heterocycles. The summed E-state index contributed by atoms with van der Waals surface area (Å²) >= 11 is 6.08. The van der Waals surface area contributed by atoms with E-state index in [1.54, 1.807) is 14.2 Å². The van der Waals surface area contributed by atoms with Crippen molar-refractivity contribution in [3.05, 3.63) is 64.7 Å². The first-order chi connectivity index (χ1) is 15.9. The number of rotatable bonds is 9. The van der Waals surface area contributed by atoms with E-state index in [1.807, 2.05) is 66.4 Å². The SMILES string of the molecule is COCCN(Cc1cc2ccc(OC)cc2nc1N(C)C)C(=O)C1(c2ccc(Cl)cc2)CC1. The number of anilines is 1. The highest BCUT2D eigenvalue weighted by Gasteiger charge is 2.53. The maximum Gasteiger partial charge on any atom is 0.233 e. The van der Waals surface area contributed by atoms with Crippen LogP contribution in [-0.4, -0.2) is 57.3 Å². The molecule has 1 aromatic heterocycles. The number of hydrogen-bond acceptors (Lipinski definition) is 5. The largest absolute Gasteiger partial charge is 0.497 e. The molecule has 1 amide bonds. The van der Waals surface area contributed by atoms with Gasteiger partial charge in [0.15, 0.2) is 0 Å². The molecule has 0 spiro atoms. The molecule has 0 radical (unpaired) electrons. The molecule has 7 heteroatoms. The Morgan fingerprint density at radius 2 is 1.82 bits per heavy atom. The van der Waals surface area contributed by atoms with Gasteiger partial charge in [-0.2, -0.15) is 0 Å². The average Bonchev–Trinajstić information content (AvgIpc) is 3.62. The molecule has 4 rings (SSSR count). The lowest BCUT2D eigenvalue weighted by Crippen LogP contribution is -2.41. The van der Waals surface area contributed by atoms with E-state index in [4.69, 9.17) is 26.1 Å². The molecule has 6 nitrogen and oxygen atoms in total. The Morgan fingerprint density at radius 3 is 2.42 bits per heavy atom. The van der Waals surface area contributed by atoms with Gasteiger partial charge in [0, 0.05) is 56.3 Å². The maximum absolute atomic E-state index is 13.8. The van der Waals surface area contributed by atoms with Crippen molar-refractivity contribution in [2.24, 2.45) is 0 Å². The van der Waals surface area contributed by atoms with Gasteiger partial charge >= 0.3 is 0 Å². The molecular weight excluding hydrogens is 438 g/mol. The Hall–Kier alpha value is -2.83. The van der Waals surface area contributed by atoms with Crippen LogP contribution in [-0.2, 0) is 21.5 Å². The molecule has 1 heterocycles. The van der Waals surface area contributed by atoms with Gasteiger partial charge in [-0.05, 0) is 48.7 Å². The zero-order valence-electron chi connectivity index (χ0n) is 19.6. The molecule has 174 valence electrons. The molecular formula is C26H30ClN3O3. The lowest BCUT2D eigenvalue weighted by atomic mass is 9.94. The number of benzene rings is 2. The summed E-state index contributed by atoms with van der Waals surface area (Å²) in [5, 5.41) is 1.68. The molecule has 0 saturated heterocycles. The quantitative estimate of drug-likeness (QED) is 0.457. The molecule has 0 bridgehead atoms. The number of carbonyl (C=O) groups is 1.